The molecule has 3 aromatic rings. The van der Waals surface area contributed by atoms with Crippen molar-refractivity contribution in [3.05, 3.63) is 53.6 Å². The van der Waals surface area contributed by atoms with Crippen molar-refractivity contribution < 1.29 is 28.1 Å². The first kappa shape index (κ1) is 22.4. The molecule has 1 atom stereocenters. The molecule has 0 bridgehead atoms. The second-order valence-electron chi connectivity index (χ2n) is 6.82. The van der Waals surface area contributed by atoms with E-state index in [9.17, 15) is 18.3 Å². The number of benzene rings is 1. The third kappa shape index (κ3) is 5.47. The summed E-state index contributed by atoms with van der Waals surface area (Å²) in [6, 6.07) is 8.14. The highest BCUT2D eigenvalue weighted by Gasteiger charge is 2.22. The standard InChI is InChI=1S/C21H21F3N4O3/c1-11-8-13(9-16(26-11)19(23)24)17-18(12-2-4-14(22)5-3-12)27-21(25)28-20(17)31-10-15(30)6-7-29/h2-5,8-9,15,19,29-30H,6-7,10H2,1H3,(H2,25,27,28)/t15-/m0/s1. The van der Waals surface area contributed by atoms with Crippen LogP contribution in [-0.2, 0) is 0 Å². The predicted molar refractivity (Wildman–Crippen MR) is 108 cm³/mol. The number of nitrogen functional groups attached to an aromatic ring is 1. The number of pyridine rings is 1. The van der Waals surface area contributed by atoms with Crippen molar-refractivity contribution in [3.63, 3.8) is 0 Å². The zero-order valence-electron chi connectivity index (χ0n) is 16.6. The molecule has 0 fully saturated rings. The third-order valence-corrected chi connectivity index (χ3v) is 4.37. The van der Waals surface area contributed by atoms with Crippen LogP contribution < -0.4 is 10.5 Å². The highest BCUT2D eigenvalue weighted by Crippen LogP contribution is 2.39. The lowest BCUT2D eigenvalue weighted by Crippen LogP contribution is -2.20. The minimum absolute atomic E-state index is 0.0466. The van der Waals surface area contributed by atoms with Crippen molar-refractivity contribution in [1.29, 1.82) is 0 Å². The maximum atomic E-state index is 13.4. The van der Waals surface area contributed by atoms with Crippen LogP contribution in [-0.4, -0.2) is 44.5 Å². The largest absolute Gasteiger partial charge is 0.474 e. The summed E-state index contributed by atoms with van der Waals surface area (Å²) in [5, 5.41) is 18.9. The fourth-order valence-corrected chi connectivity index (χ4v) is 3.00. The summed E-state index contributed by atoms with van der Waals surface area (Å²) in [5.41, 5.74) is 6.97. The molecule has 0 radical (unpaired) electrons. The molecule has 0 saturated heterocycles. The van der Waals surface area contributed by atoms with E-state index in [2.05, 4.69) is 15.0 Å². The molecule has 7 nitrogen and oxygen atoms in total. The molecule has 4 N–H and O–H groups in total. The number of hydrogen-bond acceptors (Lipinski definition) is 7. The highest BCUT2D eigenvalue weighted by atomic mass is 19.3. The second-order valence-corrected chi connectivity index (χ2v) is 6.82. The zero-order valence-corrected chi connectivity index (χ0v) is 16.6. The predicted octanol–water partition coefficient (Wildman–Crippen LogP) is 3.30. The lowest BCUT2D eigenvalue weighted by Gasteiger charge is -2.18. The first-order valence-corrected chi connectivity index (χ1v) is 9.40. The number of ether oxygens (including phenoxy) is 1. The minimum atomic E-state index is -2.81. The van der Waals surface area contributed by atoms with Crippen LogP contribution in [0.25, 0.3) is 22.4 Å². The van der Waals surface area contributed by atoms with Gasteiger partial charge in [0.05, 0.1) is 17.4 Å². The molecule has 0 spiro atoms. The fraction of sp³-hybridized carbons (Fsp3) is 0.286. The number of aliphatic hydroxyl groups is 2. The van der Waals surface area contributed by atoms with E-state index in [4.69, 9.17) is 15.6 Å². The summed E-state index contributed by atoms with van der Waals surface area (Å²) in [4.78, 5) is 12.2. The summed E-state index contributed by atoms with van der Waals surface area (Å²) in [5.74, 6) is -0.667. The van der Waals surface area contributed by atoms with Gasteiger partial charge in [0.1, 0.15) is 18.1 Å². The Morgan fingerprint density at radius 1 is 1.06 bits per heavy atom. The summed E-state index contributed by atoms with van der Waals surface area (Å²) in [6.07, 6.45) is -3.72. The van der Waals surface area contributed by atoms with Gasteiger partial charge in [-0.15, -0.1) is 0 Å². The van der Waals surface area contributed by atoms with Gasteiger partial charge < -0.3 is 20.7 Å². The summed E-state index contributed by atoms with van der Waals surface area (Å²) in [7, 11) is 0. The van der Waals surface area contributed by atoms with Crippen LogP contribution in [0.15, 0.2) is 36.4 Å². The first-order chi connectivity index (χ1) is 14.8. The number of aliphatic hydroxyl groups excluding tert-OH is 2. The Morgan fingerprint density at radius 3 is 2.42 bits per heavy atom. The molecule has 1 aromatic carbocycles. The molecule has 164 valence electrons. The van der Waals surface area contributed by atoms with Crippen LogP contribution in [0.4, 0.5) is 19.1 Å². The Kier molecular flexibility index (Phi) is 7.03. The number of aromatic nitrogens is 3. The highest BCUT2D eigenvalue weighted by molar-refractivity contribution is 5.85. The van der Waals surface area contributed by atoms with Gasteiger partial charge in [-0.1, -0.05) is 0 Å². The molecule has 0 saturated carbocycles. The Balaban J connectivity index is 2.20. The molecule has 0 aliphatic heterocycles. The number of rotatable bonds is 8. The van der Waals surface area contributed by atoms with Gasteiger partial charge in [0.15, 0.2) is 0 Å². The average molecular weight is 434 g/mol. The van der Waals surface area contributed by atoms with Gasteiger partial charge in [-0.2, -0.15) is 4.98 Å². The van der Waals surface area contributed by atoms with Crippen LogP contribution in [0.5, 0.6) is 5.88 Å². The van der Waals surface area contributed by atoms with Crippen molar-refractivity contribution in [2.75, 3.05) is 18.9 Å². The molecule has 0 aliphatic carbocycles. The zero-order chi connectivity index (χ0) is 22.5. The summed E-state index contributed by atoms with van der Waals surface area (Å²) in [6.45, 7) is 1.10. The van der Waals surface area contributed by atoms with Gasteiger partial charge in [0.2, 0.25) is 11.8 Å². The van der Waals surface area contributed by atoms with E-state index < -0.39 is 24.0 Å². The van der Waals surface area contributed by atoms with E-state index in [0.29, 0.717) is 16.8 Å². The third-order valence-electron chi connectivity index (χ3n) is 4.37. The average Bonchev–Trinajstić information content (AvgIpc) is 2.72. The number of anilines is 1. The molecule has 2 aromatic heterocycles. The van der Waals surface area contributed by atoms with Crippen molar-refractivity contribution in [1.82, 2.24) is 15.0 Å². The number of alkyl halides is 2. The van der Waals surface area contributed by atoms with Crippen LogP contribution in [0, 0.1) is 12.7 Å². The Bertz CT molecular complexity index is 1050. The Hall–Kier alpha value is -3.24. The number of halogens is 3. The molecular formula is C21H21F3N4O3. The van der Waals surface area contributed by atoms with E-state index >= 15 is 0 Å². The van der Waals surface area contributed by atoms with Gasteiger partial charge in [-0.05, 0) is 55.3 Å². The van der Waals surface area contributed by atoms with Crippen LogP contribution in [0.3, 0.4) is 0 Å². The number of aryl methyl sites for hydroxylation is 1. The van der Waals surface area contributed by atoms with Gasteiger partial charge in [0, 0.05) is 17.9 Å². The maximum Gasteiger partial charge on any atom is 0.280 e. The summed E-state index contributed by atoms with van der Waals surface area (Å²) >= 11 is 0. The van der Waals surface area contributed by atoms with E-state index in [1.165, 1.54) is 30.3 Å². The maximum absolute atomic E-state index is 13.4. The monoisotopic (exact) mass is 434 g/mol. The quantitative estimate of drug-likeness (QED) is 0.498. The van der Waals surface area contributed by atoms with E-state index in [0.717, 1.165) is 0 Å². The first-order valence-electron chi connectivity index (χ1n) is 9.40. The molecule has 0 unspecified atom stereocenters. The van der Waals surface area contributed by atoms with Crippen molar-refractivity contribution in [3.8, 4) is 28.3 Å². The van der Waals surface area contributed by atoms with Crippen molar-refractivity contribution in [2.24, 2.45) is 0 Å². The number of hydrogen-bond donors (Lipinski definition) is 3. The molecule has 3 rings (SSSR count). The SMILES string of the molecule is Cc1cc(-c2c(OC[C@@H](O)CCO)nc(N)nc2-c2ccc(F)cc2)cc(C(F)F)n1. The molecule has 0 amide bonds. The molecule has 31 heavy (non-hydrogen) atoms. The summed E-state index contributed by atoms with van der Waals surface area (Å²) < 4.78 is 45.8. The molecule has 0 aliphatic rings. The van der Waals surface area contributed by atoms with Crippen LogP contribution >= 0.6 is 0 Å². The lowest BCUT2D eigenvalue weighted by atomic mass is 9.99. The van der Waals surface area contributed by atoms with Gasteiger partial charge in [-0.3, -0.25) is 4.98 Å². The van der Waals surface area contributed by atoms with Gasteiger partial charge in [-0.25, -0.2) is 18.2 Å². The number of nitrogens with two attached hydrogens (primary N) is 1. The molecule has 2 heterocycles. The smallest absolute Gasteiger partial charge is 0.280 e. The number of nitrogens with zero attached hydrogens (tertiary/aromatic N) is 3. The van der Waals surface area contributed by atoms with E-state index in [-0.39, 0.29) is 42.7 Å². The van der Waals surface area contributed by atoms with Crippen molar-refractivity contribution >= 4 is 5.95 Å². The molecular weight excluding hydrogens is 413 g/mol. The molecule has 10 heteroatoms. The van der Waals surface area contributed by atoms with Gasteiger partial charge in [0.25, 0.3) is 6.43 Å². The van der Waals surface area contributed by atoms with Crippen molar-refractivity contribution in [2.45, 2.75) is 25.9 Å². The minimum Gasteiger partial charge on any atom is -0.474 e. The Labute approximate surface area is 176 Å². The normalized spacial score (nSPS) is 12.2. The Morgan fingerprint density at radius 2 is 1.77 bits per heavy atom. The van der Waals surface area contributed by atoms with Gasteiger partial charge >= 0.3 is 0 Å². The van der Waals surface area contributed by atoms with Crippen LogP contribution in [0.1, 0.15) is 24.2 Å². The van der Waals surface area contributed by atoms with Crippen LogP contribution in [0.2, 0.25) is 0 Å². The lowest BCUT2D eigenvalue weighted by molar-refractivity contribution is 0.0805. The van der Waals surface area contributed by atoms with E-state index in [1.54, 1.807) is 13.0 Å². The topological polar surface area (TPSA) is 114 Å². The fourth-order valence-electron chi connectivity index (χ4n) is 3.00. The second kappa shape index (κ2) is 9.71. The van der Waals surface area contributed by atoms with E-state index in [1.807, 2.05) is 0 Å².